The van der Waals surface area contributed by atoms with E-state index in [4.69, 9.17) is 4.74 Å². The summed E-state index contributed by atoms with van der Waals surface area (Å²) < 4.78 is 48.5. The summed E-state index contributed by atoms with van der Waals surface area (Å²) in [5.41, 5.74) is 0.381. The molecular weight excluding hydrogens is 621 g/mol. The first-order chi connectivity index (χ1) is 22.4. The van der Waals surface area contributed by atoms with Crippen LogP contribution in [0.2, 0.25) is 0 Å². The molecule has 0 bridgehead atoms. The molecule has 4 aromatic rings. The maximum absolute atomic E-state index is 14.4. The Morgan fingerprint density at radius 2 is 1.52 bits per heavy atom. The van der Waals surface area contributed by atoms with Crippen molar-refractivity contribution in [3.63, 3.8) is 0 Å². The van der Waals surface area contributed by atoms with Gasteiger partial charge in [-0.05, 0) is 62.6 Å². The second-order valence-electron chi connectivity index (χ2n) is 14.4. The molecule has 12 heteroatoms. The topological polar surface area (TPSA) is 107 Å². The lowest BCUT2D eigenvalue weighted by Gasteiger charge is -2.45. The molecule has 9 nitrogen and oxygen atoms in total. The molecule has 1 aliphatic heterocycles. The van der Waals surface area contributed by atoms with Gasteiger partial charge in [-0.1, -0.05) is 69.3 Å². The van der Waals surface area contributed by atoms with E-state index in [2.05, 4.69) is 19.9 Å². The van der Waals surface area contributed by atoms with Gasteiger partial charge in [0.1, 0.15) is 34.2 Å². The van der Waals surface area contributed by atoms with Crippen LogP contribution in [-0.4, -0.2) is 61.4 Å². The Bertz CT molecular complexity index is 1760. The first-order valence-corrected chi connectivity index (χ1v) is 16.0. The van der Waals surface area contributed by atoms with Gasteiger partial charge in [0.05, 0.1) is 17.9 Å². The number of halogens is 3. The number of benzene rings is 2. The number of H-pyrrole nitrogens is 2. The van der Waals surface area contributed by atoms with Crippen LogP contribution in [0.3, 0.4) is 0 Å². The summed E-state index contributed by atoms with van der Waals surface area (Å²) in [6.07, 6.45) is -1.51. The van der Waals surface area contributed by atoms with Gasteiger partial charge in [0.15, 0.2) is 0 Å². The third kappa shape index (κ3) is 6.57. The second-order valence-corrected chi connectivity index (χ2v) is 14.4. The molecule has 2 atom stereocenters. The molecule has 0 radical (unpaired) electrons. The van der Waals surface area contributed by atoms with Crippen molar-refractivity contribution < 1.29 is 27.5 Å². The van der Waals surface area contributed by atoms with Gasteiger partial charge in [0, 0.05) is 19.2 Å². The van der Waals surface area contributed by atoms with Crippen molar-refractivity contribution in [2.24, 2.45) is 5.41 Å². The summed E-state index contributed by atoms with van der Waals surface area (Å²) in [6, 6.07) is 14.2. The second kappa shape index (κ2) is 12.4. The SMILES string of the molecule is C[C@@H](c1ncc(-c2ccc(-c3ccc(-c4nc([C@@]5(C(C)(C)C)CCCN5C=O)[nH]c4C(F)(F)F)cc3)cc2)[nH]1)N(C)C(=O)OC(C)(C)C. The van der Waals surface area contributed by atoms with Crippen LogP contribution in [0.15, 0.2) is 54.7 Å². The van der Waals surface area contributed by atoms with Gasteiger partial charge >= 0.3 is 12.3 Å². The van der Waals surface area contributed by atoms with Gasteiger partial charge in [-0.3, -0.25) is 4.79 Å². The number of ether oxygens (including phenoxy) is 1. The van der Waals surface area contributed by atoms with Crippen molar-refractivity contribution in [1.82, 2.24) is 29.7 Å². The third-order valence-electron chi connectivity index (χ3n) is 9.12. The third-order valence-corrected chi connectivity index (χ3v) is 9.12. The van der Waals surface area contributed by atoms with Gasteiger partial charge in [-0.25, -0.2) is 14.8 Å². The molecular formula is C36H43F3N6O3. The van der Waals surface area contributed by atoms with Crippen LogP contribution >= 0.6 is 0 Å². The Morgan fingerprint density at radius 1 is 0.958 bits per heavy atom. The molecule has 3 heterocycles. The number of nitrogens with one attached hydrogen (secondary N) is 2. The average molecular weight is 665 g/mol. The number of amides is 2. The van der Waals surface area contributed by atoms with Crippen LogP contribution < -0.4 is 0 Å². The molecule has 0 aliphatic carbocycles. The molecule has 2 amide bonds. The molecule has 256 valence electrons. The highest BCUT2D eigenvalue weighted by Crippen LogP contribution is 2.51. The molecule has 1 aliphatic rings. The molecule has 5 rings (SSSR count). The minimum absolute atomic E-state index is 0.148. The Kier molecular flexibility index (Phi) is 9.00. The summed E-state index contributed by atoms with van der Waals surface area (Å²) in [4.78, 5) is 42.5. The standard InChI is InChI=1S/C36H43F3N6O3/c1-22(44(8)32(47)48-34(5,6)7)30-40-20-27(41-30)25-14-10-23(11-15-25)24-12-16-26(17-13-24)28-29(36(37,38)39)43-31(42-28)35(33(2,3)4)18-9-19-45(35)21-46/h10-17,20-22H,9,18-19H2,1-8H3,(H,40,41)(H,42,43)/t22-,35+/m0/s1. The Hall–Kier alpha value is -4.61. The van der Waals surface area contributed by atoms with Gasteiger partial charge in [-0.15, -0.1) is 0 Å². The zero-order valence-electron chi connectivity index (χ0n) is 28.6. The Balaban J connectivity index is 1.38. The van der Waals surface area contributed by atoms with Crippen molar-refractivity contribution in [2.75, 3.05) is 13.6 Å². The number of carbonyl (C=O) groups excluding carboxylic acids is 2. The number of hydrogen-bond acceptors (Lipinski definition) is 5. The van der Waals surface area contributed by atoms with E-state index in [9.17, 15) is 22.8 Å². The van der Waals surface area contributed by atoms with Crippen molar-refractivity contribution in [2.45, 2.75) is 84.7 Å². The maximum atomic E-state index is 14.4. The van der Waals surface area contributed by atoms with E-state index < -0.39 is 34.5 Å². The van der Waals surface area contributed by atoms with Crippen molar-refractivity contribution >= 4 is 12.5 Å². The van der Waals surface area contributed by atoms with Crippen LogP contribution in [0.4, 0.5) is 18.0 Å². The van der Waals surface area contributed by atoms with Gasteiger partial charge in [-0.2, -0.15) is 13.2 Å². The minimum Gasteiger partial charge on any atom is -0.444 e. The molecule has 48 heavy (non-hydrogen) atoms. The maximum Gasteiger partial charge on any atom is 0.433 e. The van der Waals surface area contributed by atoms with Crippen molar-refractivity contribution in [3.8, 4) is 33.6 Å². The molecule has 2 aromatic carbocycles. The van der Waals surface area contributed by atoms with Crippen LogP contribution in [0.25, 0.3) is 33.6 Å². The number of imidazole rings is 2. The molecule has 2 aromatic heterocycles. The molecule has 0 unspecified atom stereocenters. The van der Waals surface area contributed by atoms with Crippen LogP contribution in [0.1, 0.15) is 84.7 Å². The van der Waals surface area contributed by atoms with Crippen LogP contribution in [-0.2, 0) is 21.2 Å². The van der Waals surface area contributed by atoms with Crippen LogP contribution in [0.5, 0.6) is 0 Å². The van der Waals surface area contributed by atoms with E-state index >= 15 is 0 Å². The lowest BCUT2D eigenvalue weighted by atomic mass is 9.71. The normalized spacial score (nSPS) is 17.8. The highest BCUT2D eigenvalue weighted by molar-refractivity contribution is 5.73. The van der Waals surface area contributed by atoms with Crippen molar-refractivity contribution in [1.29, 1.82) is 0 Å². The number of hydrogen-bond donors (Lipinski definition) is 2. The van der Waals surface area contributed by atoms with E-state index in [0.717, 1.165) is 22.4 Å². The van der Waals surface area contributed by atoms with Crippen molar-refractivity contribution in [3.05, 3.63) is 72.1 Å². The number of alkyl halides is 3. The molecule has 1 saturated heterocycles. The predicted octanol–water partition coefficient (Wildman–Crippen LogP) is 8.57. The summed E-state index contributed by atoms with van der Waals surface area (Å²) in [7, 11) is 1.66. The number of rotatable bonds is 7. The number of aromatic nitrogens is 4. The minimum atomic E-state index is -4.67. The zero-order valence-corrected chi connectivity index (χ0v) is 28.6. The van der Waals surface area contributed by atoms with E-state index in [0.29, 0.717) is 37.2 Å². The largest absolute Gasteiger partial charge is 0.444 e. The highest BCUT2D eigenvalue weighted by atomic mass is 19.4. The van der Waals surface area contributed by atoms with Gasteiger partial charge in [0.2, 0.25) is 6.41 Å². The molecule has 0 saturated carbocycles. The predicted molar refractivity (Wildman–Crippen MR) is 178 cm³/mol. The summed E-state index contributed by atoms with van der Waals surface area (Å²) in [6.45, 7) is 13.5. The first-order valence-electron chi connectivity index (χ1n) is 16.0. The van der Waals surface area contributed by atoms with E-state index in [1.54, 1.807) is 42.4 Å². The highest BCUT2D eigenvalue weighted by Gasteiger charge is 2.54. The lowest BCUT2D eigenvalue weighted by molar-refractivity contribution is -0.140. The van der Waals surface area contributed by atoms with E-state index in [1.165, 1.54) is 4.90 Å². The number of likely N-dealkylation sites (tertiary alicyclic amines) is 1. The smallest absolute Gasteiger partial charge is 0.433 e. The van der Waals surface area contributed by atoms with Gasteiger partial charge < -0.3 is 24.5 Å². The van der Waals surface area contributed by atoms with E-state index in [-0.39, 0.29) is 17.6 Å². The zero-order chi connectivity index (χ0) is 35.2. The van der Waals surface area contributed by atoms with E-state index in [1.807, 2.05) is 72.7 Å². The number of nitrogens with zero attached hydrogens (tertiary/aromatic N) is 4. The Morgan fingerprint density at radius 3 is 2.04 bits per heavy atom. The summed E-state index contributed by atoms with van der Waals surface area (Å²) in [5.74, 6) is 0.757. The fourth-order valence-corrected chi connectivity index (χ4v) is 6.41. The molecule has 1 fully saturated rings. The summed E-state index contributed by atoms with van der Waals surface area (Å²) in [5, 5.41) is 0. The van der Waals surface area contributed by atoms with Gasteiger partial charge in [0.25, 0.3) is 0 Å². The van der Waals surface area contributed by atoms with Crippen LogP contribution in [0, 0.1) is 5.41 Å². The average Bonchev–Trinajstić information content (AvgIpc) is 3.78. The monoisotopic (exact) mass is 664 g/mol. The molecule has 2 N–H and O–H groups in total. The fourth-order valence-electron chi connectivity index (χ4n) is 6.41. The first kappa shape index (κ1) is 34.7. The number of aromatic amines is 2. The molecule has 0 spiro atoms. The summed E-state index contributed by atoms with van der Waals surface area (Å²) >= 11 is 0. The Labute approximate surface area is 278 Å². The quantitative estimate of drug-likeness (QED) is 0.193. The lowest BCUT2D eigenvalue weighted by Crippen LogP contribution is -2.51. The fraction of sp³-hybridized carbons (Fsp3) is 0.444. The number of carbonyl (C=O) groups is 2.